The molecule has 66 heavy (non-hydrogen) atoms. The molecule has 0 saturated carbocycles. The predicted molar refractivity (Wildman–Crippen MR) is 284 cm³/mol. The zero-order valence-electron chi connectivity index (χ0n) is 37.5. The molecule has 0 atom stereocenters. The minimum Gasteiger partial charge on any atom is -0.366 e. The minimum atomic E-state index is -1.07. The molecule has 0 radical (unpaired) electrons. The van der Waals surface area contributed by atoms with Crippen LogP contribution in [-0.4, -0.2) is 10.3 Å². The summed E-state index contributed by atoms with van der Waals surface area (Å²) in [5.74, 6) is 4.87. The summed E-state index contributed by atoms with van der Waals surface area (Å²) in [4.78, 5) is 0. The Kier molecular flexibility index (Phi) is 17.4. The summed E-state index contributed by atoms with van der Waals surface area (Å²) in [6, 6.07) is 82.0. The molecule has 0 aliphatic rings. The van der Waals surface area contributed by atoms with Gasteiger partial charge in [0.15, 0.2) is 0 Å². The van der Waals surface area contributed by atoms with Gasteiger partial charge in [-0.25, -0.2) is 0 Å². The normalized spacial score (nSPS) is 11.0. The fraction of sp³-hybridized carbons (Fsp3) is 0.0968. The third-order valence-electron chi connectivity index (χ3n) is 12.8. The van der Waals surface area contributed by atoms with Crippen LogP contribution in [0.15, 0.2) is 231 Å². The molecule has 0 aliphatic carbocycles. The molecule has 330 valence electrons. The van der Waals surface area contributed by atoms with E-state index in [1.165, 1.54) is 64.3 Å². The molecule has 10 aromatic rings. The largest absolute Gasteiger partial charge is 1.00 e. The van der Waals surface area contributed by atoms with Gasteiger partial charge in [0.2, 0.25) is 0 Å². The van der Waals surface area contributed by atoms with E-state index in [0.29, 0.717) is 0 Å². The van der Waals surface area contributed by atoms with E-state index in [0.717, 1.165) is 11.1 Å². The van der Waals surface area contributed by atoms with Crippen molar-refractivity contribution in [3.05, 3.63) is 254 Å². The Labute approximate surface area is 425 Å². The van der Waals surface area contributed by atoms with Gasteiger partial charge < -0.3 is 12.8 Å². The number of fused-ring (bicyclic) bond motifs is 6. The van der Waals surface area contributed by atoms with Crippen molar-refractivity contribution in [1.29, 1.82) is 0 Å². The molecule has 0 bridgehead atoms. The first-order valence-electron chi connectivity index (χ1n) is 21.8. The van der Waals surface area contributed by atoms with Gasteiger partial charge in [0.1, 0.15) is 10.3 Å². The molecule has 0 aliphatic heterocycles. The van der Waals surface area contributed by atoms with Gasteiger partial charge in [-0.1, -0.05) is 158 Å². The molecule has 0 nitrogen and oxygen atoms in total. The summed E-state index contributed by atoms with van der Waals surface area (Å²) < 4.78 is 0. The molecule has 0 heterocycles. The Balaban J connectivity index is 0.000000177. The molecule has 4 heteroatoms. The van der Waals surface area contributed by atoms with Gasteiger partial charge in [0.25, 0.3) is 0 Å². The van der Waals surface area contributed by atoms with E-state index in [-0.39, 0.29) is 55.1 Å². The van der Waals surface area contributed by atoms with Crippen LogP contribution in [0.4, 0.5) is 0 Å². The standard InChI is InChI=1S/C30H32P2.2C16H9.2Ag/c1-29(2,31(25-17-9-5-10-18-25)26-19-11-6-12-20-26)30(3,4)32(27-21-13-7-14-22-27)28-23-15-8-16-24-28;2*1-2-12-7-8-14-10-9-13-5-3-4-6-15(13)16(14)11-12;;/h5-24H,1-4H3;2*3-11H;;/q;2*-1;2*+1/p+2. The second-order valence-electron chi connectivity index (χ2n) is 17.2. The first-order valence-corrected chi connectivity index (χ1v) is 24.8. The van der Waals surface area contributed by atoms with Crippen molar-refractivity contribution in [1.82, 2.24) is 0 Å². The molecule has 0 unspecified atom stereocenters. The first kappa shape index (κ1) is 50.1. The molecule has 10 rings (SSSR count). The number of hydrogen-bond acceptors (Lipinski definition) is 0. The predicted octanol–water partition coefficient (Wildman–Crippen LogP) is 14.1. The Morgan fingerprint density at radius 1 is 0.303 bits per heavy atom. The Morgan fingerprint density at radius 2 is 0.545 bits per heavy atom. The van der Waals surface area contributed by atoms with Crippen molar-refractivity contribution in [3.8, 4) is 11.8 Å². The SMILES string of the molecule is CC(C)([PH+](c1ccccc1)c1ccccc1)C(C)(C)[PH+](c1ccccc1)c1ccccc1.[Ag+].[Ag+].[C-]#Cc1ccc2ccc3ccccc3c2c1.[C-]#Cc1ccc2ccc3ccccc3c2c1. The van der Waals surface area contributed by atoms with Crippen LogP contribution in [0.2, 0.25) is 0 Å². The average Bonchev–Trinajstić information content (AvgIpc) is 3.35. The van der Waals surface area contributed by atoms with Gasteiger partial charge in [0, 0.05) is 0 Å². The van der Waals surface area contributed by atoms with Crippen LogP contribution in [0.5, 0.6) is 0 Å². The zero-order valence-corrected chi connectivity index (χ0v) is 42.5. The van der Waals surface area contributed by atoms with E-state index in [4.69, 9.17) is 12.8 Å². The molecule has 0 saturated heterocycles. The minimum absolute atomic E-state index is 0. The van der Waals surface area contributed by atoms with Crippen molar-refractivity contribution in [2.75, 3.05) is 0 Å². The smallest absolute Gasteiger partial charge is 0.366 e. The van der Waals surface area contributed by atoms with Crippen molar-refractivity contribution in [3.63, 3.8) is 0 Å². The Morgan fingerprint density at radius 3 is 0.833 bits per heavy atom. The van der Waals surface area contributed by atoms with Crippen molar-refractivity contribution in [2.24, 2.45) is 0 Å². The fourth-order valence-electron chi connectivity index (χ4n) is 8.98. The van der Waals surface area contributed by atoms with Gasteiger partial charge in [-0.2, -0.15) is 0 Å². The van der Waals surface area contributed by atoms with Gasteiger partial charge in [0.05, 0.1) is 37.1 Å². The fourth-order valence-corrected chi connectivity index (χ4v) is 16.6. The van der Waals surface area contributed by atoms with E-state index >= 15 is 0 Å². The summed E-state index contributed by atoms with van der Waals surface area (Å²) in [7, 11) is -2.13. The van der Waals surface area contributed by atoms with Crippen molar-refractivity contribution in [2.45, 2.75) is 38.0 Å². The molecule has 0 aromatic heterocycles. The summed E-state index contributed by atoms with van der Waals surface area (Å²) >= 11 is 0. The van der Waals surface area contributed by atoms with Gasteiger partial charge in [-0.15, -0.1) is 35.4 Å². The molecule has 0 fully saturated rings. The van der Waals surface area contributed by atoms with E-state index in [2.05, 4.69) is 209 Å². The second kappa shape index (κ2) is 22.9. The quantitative estimate of drug-likeness (QED) is 0.0491. The zero-order chi connectivity index (χ0) is 44.5. The van der Waals surface area contributed by atoms with Gasteiger partial charge >= 0.3 is 44.8 Å². The Bertz CT molecular complexity index is 2940. The van der Waals surface area contributed by atoms with Crippen LogP contribution in [0.3, 0.4) is 0 Å². The monoisotopic (exact) mass is 1070 g/mol. The maximum atomic E-state index is 7.18. The summed E-state index contributed by atoms with van der Waals surface area (Å²) in [5.41, 5.74) is 1.65. The molecular weight excluding hydrogens is 1020 g/mol. The van der Waals surface area contributed by atoms with Gasteiger partial charge in [-0.05, 0) is 119 Å². The van der Waals surface area contributed by atoms with Crippen molar-refractivity contribution >= 4 is 80.2 Å². The third kappa shape index (κ3) is 10.9. The van der Waals surface area contributed by atoms with Crippen LogP contribution < -0.4 is 21.2 Å². The Hall–Kier alpha value is -5.30. The van der Waals surface area contributed by atoms with E-state index in [1.807, 2.05) is 60.7 Å². The summed E-state index contributed by atoms with van der Waals surface area (Å²) in [6.07, 6.45) is 14.4. The van der Waals surface area contributed by atoms with Crippen LogP contribution in [0.25, 0.3) is 43.1 Å². The second-order valence-corrected chi connectivity index (χ2v) is 23.5. The summed E-state index contributed by atoms with van der Waals surface area (Å²) in [6.45, 7) is 10.1. The molecule has 0 N–H and O–H groups in total. The summed E-state index contributed by atoms with van der Waals surface area (Å²) in [5, 5.41) is 15.9. The maximum Gasteiger partial charge on any atom is 1.00 e. The van der Waals surface area contributed by atoms with Crippen LogP contribution in [-0.2, 0) is 44.8 Å². The first-order chi connectivity index (χ1) is 31.2. The topological polar surface area (TPSA) is 0 Å². The molecule has 0 amide bonds. The van der Waals surface area contributed by atoms with Crippen molar-refractivity contribution < 1.29 is 44.8 Å². The molecular formula is C62H52Ag2P2+2. The molecule has 10 aromatic carbocycles. The maximum absolute atomic E-state index is 7.18. The van der Waals surface area contributed by atoms with Crippen LogP contribution >= 0.6 is 15.8 Å². The number of benzene rings is 10. The van der Waals surface area contributed by atoms with Crippen LogP contribution in [0, 0.1) is 24.7 Å². The van der Waals surface area contributed by atoms with E-state index in [9.17, 15) is 0 Å². The number of hydrogen-bond donors (Lipinski definition) is 0. The average molecular weight is 1070 g/mol. The van der Waals surface area contributed by atoms with Crippen LogP contribution in [0.1, 0.15) is 38.8 Å². The van der Waals surface area contributed by atoms with E-state index in [1.54, 1.807) is 0 Å². The van der Waals surface area contributed by atoms with E-state index < -0.39 is 15.8 Å². The molecule has 0 spiro atoms. The third-order valence-corrected chi connectivity index (χ3v) is 20.5. The van der Waals surface area contributed by atoms with Gasteiger partial charge in [-0.3, -0.25) is 11.8 Å². The number of rotatable bonds is 7.